The number of aliphatic carboxylic acids is 1. The Morgan fingerprint density at radius 1 is 1.62 bits per heavy atom. The van der Waals surface area contributed by atoms with Crippen molar-refractivity contribution in [1.82, 2.24) is 0 Å². The first-order chi connectivity index (χ1) is 2.94. The van der Waals surface area contributed by atoms with Gasteiger partial charge < -0.3 is 5.11 Å². The summed E-state index contributed by atoms with van der Waals surface area (Å²) in [5.74, 6) is -1.23. The Bertz CT molecular complexity index is 87.8. The van der Waals surface area contributed by atoms with Crippen LogP contribution in [0.1, 0.15) is 6.92 Å². The zero-order chi connectivity index (χ0) is 6.08. The molecule has 0 aliphatic carbocycles. The van der Waals surface area contributed by atoms with Crippen LogP contribution >= 0.6 is 23.2 Å². The second kappa shape index (κ2) is 3.96. The molecule has 0 spiro atoms. The van der Waals surface area contributed by atoms with E-state index in [1.807, 2.05) is 0 Å². The fourth-order valence-corrected chi connectivity index (χ4v) is 0. The van der Waals surface area contributed by atoms with Crippen LogP contribution in [-0.4, -0.2) is 45.0 Å². The molecule has 0 atom stereocenters. The molecule has 2 nitrogen and oxygen atoms in total. The number of hydrogen-bond donors (Lipinski definition) is 1. The van der Waals surface area contributed by atoms with Crippen molar-refractivity contribution in [3.8, 4) is 0 Å². The van der Waals surface area contributed by atoms with Gasteiger partial charge >= 0.3 is 35.5 Å². The van der Waals surface area contributed by atoms with E-state index in [0.717, 1.165) is 0 Å². The van der Waals surface area contributed by atoms with E-state index in [2.05, 4.69) is 0 Å². The third-order valence-corrected chi connectivity index (χ3v) is 0.699. The molecule has 0 aromatic rings. The van der Waals surface area contributed by atoms with Gasteiger partial charge in [0.1, 0.15) is 0 Å². The molecule has 44 valence electrons. The first kappa shape index (κ1) is 11.8. The molecule has 0 heterocycles. The van der Waals surface area contributed by atoms with Crippen molar-refractivity contribution >= 4 is 58.7 Å². The molecule has 0 aromatic heterocycles. The van der Waals surface area contributed by atoms with E-state index in [4.69, 9.17) is 28.3 Å². The minimum atomic E-state index is -1.64. The van der Waals surface area contributed by atoms with Crippen LogP contribution in [0.4, 0.5) is 0 Å². The van der Waals surface area contributed by atoms with E-state index in [0.29, 0.717) is 0 Å². The number of carboxylic acid groups (broad SMARTS) is 1. The van der Waals surface area contributed by atoms with Gasteiger partial charge in [-0.1, -0.05) is 23.2 Å². The van der Waals surface area contributed by atoms with Crippen molar-refractivity contribution in [1.29, 1.82) is 0 Å². The van der Waals surface area contributed by atoms with Crippen molar-refractivity contribution in [2.45, 2.75) is 11.3 Å². The predicted molar refractivity (Wildman–Crippen MR) is 34.9 cm³/mol. The number of carboxylic acids is 1. The van der Waals surface area contributed by atoms with Crippen LogP contribution in [0.5, 0.6) is 0 Å². The molecule has 0 rings (SSSR count). The molecule has 0 aliphatic rings. The van der Waals surface area contributed by atoms with Gasteiger partial charge in [-0.3, -0.25) is 0 Å². The zero-order valence-corrected chi connectivity index (χ0v) is 5.12. The molecule has 0 saturated heterocycles. The SMILES string of the molecule is CC(Cl)(Cl)C(=O)O.[NaH]. The van der Waals surface area contributed by atoms with Crippen LogP contribution in [0.15, 0.2) is 0 Å². The van der Waals surface area contributed by atoms with Crippen molar-refractivity contribution in [3.05, 3.63) is 0 Å². The van der Waals surface area contributed by atoms with Crippen molar-refractivity contribution in [3.63, 3.8) is 0 Å². The number of hydrogen-bond acceptors (Lipinski definition) is 1. The summed E-state index contributed by atoms with van der Waals surface area (Å²) in [4.78, 5) is 9.76. The molecule has 0 bridgehead atoms. The molecule has 1 N–H and O–H groups in total. The second-order valence-electron chi connectivity index (χ2n) is 1.19. The van der Waals surface area contributed by atoms with Crippen LogP contribution in [0, 0.1) is 0 Å². The van der Waals surface area contributed by atoms with Crippen molar-refractivity contribution < 1.29 is 9.90 Å². The molecule has 0 unspecified atom stereocenters. The predicted octanol–water partition coefficient (Wildman–Crippen LogP) is 0.616. The van der Waals surface area contributed by atoms with Gasteiger partial charge in [0.2, 0.25) is 4.33 Å². The summed E-state index contributed by atoms with van der Waals surface area (Å²) in [6.07, 6.45) is 0. The van der Waals surface area contributed by atoms with Gasteiger partial charge in [-0.05, 0) is 6.92 Å². The summed E-state index contributed by atoms with van der Waals surface area (Å²) in [5.41, 5.74) is 0. The maximum absolute atomic E-state index is 9.76. The van der Waals surface area contributed by atoms with Gasteiger partial charge in [0.15, 0.2) is 0 Å². The van der Waals surface area contributed by atoms with Gasteiger partial charge in [0.25, 0.3) is 0 Å². The van der Waals surface area contributed by atoms with Crippen molar-refractivity contribution in [2.75, 3.05) is 0 Å². The summed E-state index contributed by atoms with van der Waals surface area (Å²) in [6, 6.07) is 0. The molecule has 5 heteroatoms. The molecule has 0 saturated carbocycles. The van der Waals surface area contributed by atoms with Gasteiger partial charge in [-0.25, -0.2) is 4.79 Å². The standard InChI is InChI=1S/C3H4Cl2O2.Na.H/c1-3(4,5)2(6)7;;/h1H3,(H,6,7);;. The average molecular weight is 167 g/mol. The molecular weight excluding hydrogens is 162 g/mol. The summed E-state index contributed by atoms with van der Waals surface area (Å²) >= 11 is 10.1. The number of carbonyl (C=O) groups is 1. The molecule has 0 radical (unpaired) electrons. The molecule has 0 amide bonds. The van der Waals surface area contributed by atoms with E-state index in [9.17, 15) is 4.79 Å². The Morgan fingerprint density at radius 2 is 1.75 bits per heavy atom. The summed E-state index contributed by atoms with van der Waals surface area (Å²) in [5, 5.41) is 7.99. The minimum absolute atomic E-state index is 0. The summed E-state index contributed by atoms with van der Waals surface area (Å²) in [6.45, 7) is 1.19. The second-order valence-corrected chi connectivity index (χ2v) is 2.90. The molecule has 8 heavy (non-hydrogen) atoms. The third-order valence-electron chi connectivity index (χ3n) is 0.376. The first-order valence-electron chi connectivity index (χ1n) is 1.56. The van der Waals surface area contributed by atoms with Crippen LogP contribution in [0.25, 0.3) is 0 Å². The van der Waals surface area contributed by atoms with Crippen LogP contribution in [0.2, 0.25) is 0 Å². The average Bonchev–Trinajstić information content (AvgIpc) is 1.31. The Kier molecular flexibility index (Phi) is 5.84. The van der Waals surface area contributed by atoms with E-state index >= 15 is 0 Å². The number of alkyl halides is 2. The first-order valence-corrected chi connectivity index (χ1v) is 2.31. The topological polar surface area (TPSA) is 37.3 Å². The number of halogens is 2. The fraction of sp³-hybridized carbons (Fsp3) is 0.667. The Hall–Kier alpha value is 1.05. The van der Waals surface area contributed by atoms with Crippen LogP contribution in [0.3, 0.4) is 0 Å². The van der Waals surface area contributed by atoms with Crippen molar-refractivity contribution in [2.24, 2.45) is 0 Å². The van der Waals surface area contributed by atoms with E-state index in [-0.39, 0.29) is 29.6 Å². The van der Waals surface area contributed by atoms with Gasteiger partial charge in [0.05, 0.1) is 0 Å². The van der Waals surface area contributed by atoms with E-state index in [1.54, 1.807) is 0 Å². The third kappa shape index (κ3) is 5.19. The van der Waals surface area contributed by atoms with Gasteiger partial charge in [-0.15, -0.1) is 0 Å². The van der Waals surface area contributed by atoms with Crippen LogP contribution < -0.4 is 0 Å². The summed E-state index contributed by atoms with van der Waals surface area (Å²) < 4.78 is -1.64. The molecule has 0 aromatic carbocycles. The Morgan fingerprint density at radius 3 is 1.75 bits per heavy atom. The zero-order valence-electron chi connectivity index (χ0n) is 3.61. The fourth-order valence-electron chi connectivity index (χ4n) is 0. The number of rotatable bonds is 1. The van der Waals surface area contributed by atoms with Gasteiger partial charge in [0, 0.05) is 0 Å². The summed E-state index contributed by atoms with van der Waals surface area (Å²) in [7, 11) is 0. The molecule has 0 aliphatic heterocycles. The van der Waals surface area contributed by atoms with E-state index < -0.39 is 10.3 Å². The maximum atomic E-state index is 9.76. The molecular formula is C3H5Cl2NaO2. The monoisotopic (exact) mass is 166 g/mol. The van der Waals surface area contributed by atoms with E-state index in [1.165, 1.54) is 6.92 Å². The molecule has 0 fully saturated rings. The normalized spacial score (nSPS) is 9.88. The quantitative estimate of drug-likeness (QED) is 0.459. The Labute approximate surface area is 79.4 Å². The van der Waals surface area contributed by atoms with Gasteiger partial charge in [-0.2, -0.15) is 0 Å². The Balaban J connectivity index is 0. The van der Waals surface area contributed by atoms with Crippen LogP contribution in [-0.2, 0) is 4.79 Å².